The fraction of sp³-hybridized carbons (Fsp3) is 0.364. The SMILES string of the molecule is COc1ccc(C2Nc3c(ccc(C)c3C)C3C=CCC32)cc1OC. The summed E-state index contributed by atoms with van der Waals surface area (Å²) in [6.45, 7) is 4.39. The van der Waals surface area contributed by atoms with Crippen LogP contribution in [0.4, 0.5) is 5.69 Å². The van der Waals surface area contributed by atoms with E-state index in [1.54, 1.807) is 14.2 Å². The van der Waals surface area contributed by atoms with Crippen LogP contribution in [-0.4, -0.2) is 14.2 Å². The number of anilines is 1. The van der Waals surface area contributed by atoms with E-state index in [0.717, 1.165) is 17.9 Å². The standard InChI is InChI=1S/C22H25NO2/c1-13-8-10-18-16-6-5-7-17(16)22(23-21(18)14(13)2)15-9-11-19(24-3)20(12-15)25-4/h5-6,8-12,16-17,22-23H,7H2,1-4H3. The fourth-order valence-electron chi connectivity index (χ4n) is 4.29. The molecule has 3 nitrogen and oxygen atoms in total. The number of aryl methyl sites for hydroxylation is 1. The lowest BCUT2D eigenvalue weighted by Gasteiger charge is -2.38. The van der Waals surface area contributed by atoms with Crippen molar-refractivity contribution in [2.45, 2.75) is 32.2 Å². The van der Waals surface area contributed by atoms with E-state index in [4.69, 9.17) is 9.47 Å². The van der Waals surface area contributed by atoms with Crippen molar-refractivity contribution in [1.82, 2.24) is 0 Å². The van der Waals surface area contributed by atoms with Crippen molar-refractivity contribution < 1.29 is 9.47 Å². The molecule has 1 aliphatic heterocycles. The van der Waals surface area contributed by atoms with Crippen LogP contribution >= 0.6 is 0 Å². The van der Waals surface area contributed by atoms with Crippen LogP contribution < -0.4 is 14.8 Å². The van der Waals surface area contributed by atoms with Gasteiger partial charge in [-0.05, 0) is 60.6 Å². The molecule has 4 rings (SSSR count). The molecule has 3 heteroatoms. The molecule has 2 aromatic carbocycles. The van der Waals surface area contributed by atoms with Gasteiger partial charge in [-0.2, -0.15) is 0 Å². The van der Waals surface area contributed by atoms with E-state index in [1.807, 2.05) is 6.07 Å². The summed E-state index contributed by atoms with van der Waals surface area (Å²) >= 11 is 0. The van der Waals surface area contributed by atoms with Crippen molar-refractivity contribution in [2.75, 3.05) is 19.5 Å². The number of ether oxygens (including phenoxy) is 2. The molecule has 1 heterocycles. The highest BCUT2D eigenvalue weighted by molar-refractivity contribution is 5.66. The van der Waals surface area contributed by atoms with Gasteiger partial charge in [-0.3, -0.25) is 0 Å². The first-order valence-corrected chi connectivity index (χ1v) is 8.89. The smallest absolute Gasteiger partial charge is 0.161 e. The average molecular weight is 335 g/mol. The van der Waals surface area contributed by atoms with Gasteiger partial charge in [-0.15, -0.1) is 0 Å². The number of rotatable bonds is 3. The van der Waals surface area contributed by atoms with Gasteiger partial charge in [-0.1, -0.05) is 30.4 Å². The topological polar surface area (TPSA) is 30.5 Å². The molecule has 0 radical (unpaired) electrons. The maximum Gasteiger partial charge on any atom is 0.161 e. The molecule has 0 spiro atoms. The molecule has 130 valence electrons. The molecule has 2 aliphatic rings. The quantitative estimate of drug-likeness (QED) is 0.787. The van der Waals surface area contributed by atoms with E-state index in [0.29, 0.717) is 11.8 Å². The lowest BCUT2D eigenvalue weighted by molar-refractivity contribution is 0.353. The van der Waals surface area contributed by atoms with Crippen LogP contribution in [0, 0.1) is 19.8 Å². The number of benzene rings is 2. The van der Waals surface area contributed by atoms with Gasteiger partial charge in [0.1, 0.15) is 0 Å². The van der Waals surface area contributed by atoms with Crippen molar-refractivity contribution in [3.63, 3.8) is 0 Å². The normalized spacial score (nSPS) is 23.6. The van der Waals surface area contributed by atoms with E-state index in [9.17, 15) is 0 Å². The molecule has 0 saturated heterocycles. The molecule has 0 aromatic heterocycles. The minimum Gasteiger partial charge on any atom is -0.493 e. The van der Waals surface area contributed by atoms with Crippen molar-refractivity contribution in [2.24, 2.45) is 5.92 Å². The summed E-state index contributed by atoms with van der Waals surface area (Å²) in [5.74, 6) is 2.58. The van der Waals surface area contributed by atoms with Crippen LogP contribution in [0.15, 0.2) is 42.5 Å². The van der Waals surface area contributed by atoms with Gasteiger partial charge < -0.3 is 14.8 Å². The highest BCUT2D eigenvalue weighted by atomic mass is 16.5. The second-order valence-electron chi connectivity index (χ2n) is 7.06. The first kappa shape index (κ1) is 16.1. The molecule has 1 N–H and O–H groups in total. The molecule has 0 amide bonds. The Morgan fingerprint density at radius 3 is 2.56 bits per heavy atom. The zero-order chi connectivity index (χ0) is 17.6. The second kappa shape index (κ2) is 6.14. The molecule has 0 bridgehead atoms. The van der Waals surface area contributed by atoms with Crippen LogP contribution in [-0.2, 0) is 0 Å². The van der Waals surface area contributed by atoms with Crippen molar-refractivity contribution in [3.05, 3.63) is 64.7 Å². The van der Waals surface area contributed by atoms with Crippen LogP contribution in [0.5, 0.6) is 11.5 Å². The number of allylic oxidation sites excluding steroid dienone is 2. The predicted molar refractivity (Wildman–Crippen MR) is 102 cm³/mol. The average Bonchev–Trinajstić information content (AvgIpc) is 3.13. The third-order valence-corrected chi connectivity index (χ3v) is 5.83. The van der Waals surface area contributed by atoms with Gasteiger partial charge >= 0.3 is 0 Å². The Morgan fingerprint density at radius 2 is 1.80 bits per heavy atom. The summed E-state index contributed by atoms with van der Waals surface area (Å²) in [6, 6.07) is 11.1. The molecular weight excluding hydrogens is 310 g/mol. The van der Waals surface area contributed by atoms with Crippen LogP contribution in [0.2, 0.25) is 0 Å². The summed E-state index contributed by atoms with van der Waals surface area (Å²) in [7, 11) is 3.37. The summed E-state index contributed by atoms with van der Waals surface area (Å²) in [6.07, 6.45) is 5.81. The van der Waals surface area contributed by atoms with Gasteiger partial charge in [0.05, 0.1) is 20.3 Å². The monoisotopic (exact) mass is 335 g/mol. The third-order valence-electron chi connectivity index (χ3n) is 5.83. The van der Waals surface area contributed by atoms with Gasteiger partial charge in [-0.25, -0.2) is 0 Å². The molecule has 3 unspecified atom stereocenters. The minimum absolute atomic E-state index is 0.271. The molecule has 3 atom stereocenters. The van der Waals surface area contributed by atoms with Crippen LogP contribution in [0.1, 0.15) is 40.6 Å². The predicted octanol–water partition coefficient (Wildman–Crippen LogP) is 5.15. The number of methoxy groups -OCH3 is 2. The van der Waals surface area contributed by atoms with Crippen LogP contribution in [0.3, 0.4) is 0 Å². The maximum atomic E-state index is 5.52. The Balaban J connectivity index is 1.80. The zero-order valence-electron chi connectivity index (χ0n) is 15.3. The molecule has 0 saturated carbocycles. The Hall–Kier alpha value is -2.42. The first-order chi connectivity index (χ1) is 12.1. The fourth-order valence-corrected chi connectivity index (χ4v) is 4.29. The van der Waals surface area contributed by atoms with E-state index in [-0.39, 0.29) is 6.04 Å². The third kappa shape index (κ3) is 2.50. The Labute approximate surface area is 149 Å². The summed E-state index contributed by atoms with van der Waals surface area (Å²) < 4.78 is 10.9. The Kier molecular flexibility index (Phi) is 3.95. The largest absolute Gasteiger partial charge is 0.493 e. The molecule has 2 aromatic rings. The Bertz CT molecular complexity index is 840. The highest BCUT2D eigenvalue weighted by Gasteiger charge is 2.38. The van der Waals surface area contributed by atoms with Crippen molar-refractivity contribution in [3.8, 4) is 11.5 Å². The maximum absolute atomic E-state index is 5.52. The lowest BCUT2D eigenvalue weighted by atomic mass is 9.76. The molecule has 1 aliphatic carbocycles. The van der Waals surface area contributed by atoms with E-state index in [1.165, 1.54) is 27.9 Å². The molecular formula is C22H25NO2. The van der Waals surface area contributed by atoms with Gasteiger partial charge in [0.25, 0.3) is 0 Å². The molecule has 25 heavy (non-hydrogen) atoms. The highest BCUT2D eigenvalue weighted by Crippen LogP contribution is 2.51. The minimum atomic E-state index is 0.271. The number of hydrogen-bond acceptors (Lipinski definition) is 3. The van der Waals surface area contributed by atoms with Gasteiger partial charge in [0, 0.05) is 11.6 Å². The van der Waals surface area contributed by atoms with Gasteiger partial charge in [0.2, 0.25) is 0 Å². The van der Waals surface area contributed by atoms with Crippen LogP contribution in [0.25, 0.3) is 0 Å². The van der Waals surface area contributed by atoms with Gasteiger partial charge in [0.15, 0.2) is 11.5 Å². The van der Waals surface area contributed by atoms with Crippen molar-refractivity contribution >= 4 is 5.69 Å². The van der Waals surface area contributed by atoms with E-state index < -0.39 is 0 Å². The number of hydrogen-bond donors (Lipinski definition) is 1. The van der Waals surface area contributed by atoms with E-state index >= 15 is 0 Å². The number of fused-ring (bicyclic) bond motifs is 3. The first-order valence-electron chi connectivity index (χ1n) is 8.89. The Morgan fingerprint density at radius 1 is 1.00 bits per heavy atom. The second-order valence-corrected chi connectivity index (χ2v) is 7.06. The summed E-state index contributed by atoms with van der Waals surface area (Å²) in [5, 5.41) is 3.85. The summed E-state index contributed by atoms with van der Waals surface area (Å²) in [5.41, 5.74) is 6.66. The summed E-state index contributed by atoms with van der Waals surface area (Å²) in [4.78, 5) is 0. The zero-order valence-corrected chi connectivity index (χ0v) is 15.3. The lowest BCUT2D eigenvalue weighted by Crippen LogP contribution is -2.29. The number of nitrogens with one attached hydrogen (secondary N) is 1. The molecule has 0 fully saturated rings. The van der Waals surface area contributed by atoms with Crippen molar-refractivity contribution in [1.29, 1.82) is 0 Å². The van der Waals surface area contributed by atoms with E-state index in [2.05, 4.69) is 55.6 Å².